The Hall–Kier alpha value is -5.67. The summed E-state index contributed by atoms with van der Waals surface area (Å²) in [5.74, 6) is 0. The Labute approximate surface area is 267 Å². The molecule has 0 unspecified atom stereocenters. The fraction of sp³-hybridized carbons (Fsp3) is 0.0714. The van der Waals surface area contributed by atoms with Crippen molar-refractivity contribution in [2.24, 2.45) is 5.73 Å². The molecule has 3 heteroatoms. The molecule has 0 bridgehead atoms. The van der Waals surface area contributed by atoms with Crippen molar-refractivity contribution in [3.63, 3.8) is 0 Å². The minimum absolute atomic E-state index is 0.819. The summed E-state index contributed by atoms with van der Waals surface area (Å²) in [7, 11) is 0. The molecule has 0 aliphatic carbocycles. The lowest BCUT2D eigenvalue weighted by Crippen LogP contribution is -2.03. The van der Waals surface area contributed by atoms with Gasteiger partial charge in [0.05, 0.1) is 22.8 Å². The van der Waals surface area contributed by atoms with Crippen LogP contribution >= 0.6 is 0 Å². The van der Waals surface area contributed by atoms with Crippen molar-refractivity contribution in [2.75, 3.05) is 0 Å². The van der Waals surface area contributed by atoms with E-state index < -0.39 is 0 Å². The number of rotatable bonds is 10. The van der Waals surface area contributed by atoms with Gasteiger partial charge in [-0.05, 0) is 89.4 Å². The Morgan fingerprint density at radius 2 is 1.53 bits per heavy atom. The number of fused-ring (bicyclic) bond motifs is 1. The van der Waals surface area contributed by atoms with Crippen molar-refractivity contribution < 1.29 is 0 Å². The average Bonchev–Trinajstić information content (AvgIpc) is 3.33. The quantitative estimate of drug-likeness (QED) is 0.166. The molecule has 0 fully saturated rings. The molecule has 2 heterocycles. The van der Waals surface area contributed by atoms with E-state index in [4.69, 9.17) is 10.7 Å². The molecule has 0 amide bonds. The third-order valence-corrected chi connectivity index (χ3v) is 8.47. The zero-order valence-corrected chi connectivity index (χ0v) is 26.3. The van der Waals surface area contributed by atoms with Crippen molar-refractivity contribution in [1.29, 1.82) is 0 Å². The molecule has 0 spiro atoms. The van der Waals surface area contributed by atoms with Crippen LogP contribution in [0.15, 0.2) is 147 Å². The summed E-state index contributed by atoms with van der Waals surface area (Å²) in [4.78, 5) is 4.70. The largest absolute Gasteiger partial charge is 0.404 e. The van der Waals surface area contributed by atoms with Crippen LogP contribution in [0.5, 0.6) is 0 Å². The van der Waals surface area contributed by atoms with Crippen LogP contribution < -0.4 is 5.73 Å². The van der Waals surface area contributed by atoms with Crippen molar-refractivity contribution in [2.45, 2.75) is 20.8 Å². The Kier molecular flexibility index (Phi) is 9.11. The number of allylic oxidation sites excluding steroid dienone is 7. The molecule has 5 rings (SSSR count). The summed E-state index contributed by atoms with van der Waals surface area (Å²) in [6.45, 7) is 22.5. The fourth-order valence-corrected chi connectivity index (χ4v) is 5.90. The van der Waals surface area contributed by atoms with E-state index in [2.05, 4.69) is 118 Å². The van der Waals surface area contributed by atoms with Crippen LogP contribution in [0.25, 0.3) is 56.6 Å². The summed E-state index contributed by atoms with van der Waals surface area (Å²) in [6, 6.07) is 25.6. The van der Waals surface area contributed by atoms with Gasteiger partial charge in [-0.1, -0.05) is 111 Å². The molecule has 5 aromatic rings. The normalized spacial score (nSPS) is 12.3. The first-order valence-corrected chi connectivity index (χ1v) is 15.0. The first kappa shape index (κ1) is 30.8. The van der Waals surface area contributed by atoms with Crippen LogP contribution in [0, 0.1) is 13.8 Å². The van der Waals surface area contributed by atoms with Gasteiger partial charge in [0, 0.05) is 28.9 Å². The molecule has 3 aromatic carbocycles. The number of hydrogen-bond donors (Lipinski definition) is 1. The monoisotopic (exact) mass is 585 g/mol. The van der Waals surface area contributed by atoms with E-state index in [0.717, 1.165) is 67.1 Å². The zero-order chi connectivity index (χ0) is 32.1. The minimum atomic E-state index is 0.819. The molecule has 0 saturated heterocycles. The van der Waals surface area contributed by atoms with Gasteiger partial charge in [0.1, 0.15) is 0 Å². The molecular weight excluding hydrogens is 546 g/mol. The molecule has 0 saturated carbocycles. The van der Waals surface area contributed by atoms with Crippen LogP contribution in [0.4, 0.5) is 0 Å². The van der Waals surface area contributed by atoms with Gasteiger partial charge in [0.15, 0.2) is 0 Å². The minimum Gasteiger partial charge on any atom is -0.404 e. The predicted octanol–water partition coefficient (Wildman–Crippen LogP) is 10.8. The van der Waals surface area contributed by atoms with E-state index in [1.165, 1.54) is 16.5 Å². The van der Waals surface area contributed by atoms with E-state index >= 15 is 0 Å². The molecule has 0 atom stereocenters. The van der Waals surface area contributed by atoms with Gasteiger partial charge < -0.3 is 10.3 Å². The van der Waals surface area contributed by atoms with E-state index in [1.54, 1.807) is 12.3 Å². The SMILES string of the molecule is C=CC(=C\N)/C(C=C)=C/c1c(C)c(C)c(-c2ccc(-c3ccc(/C(C=C)=C/C)nc3)cc2C=C)n1-c1cccc2ccccc12. The number of pyridine rings is 1. The van der Waals surface area contributed by atoms with Crippen LogP contribution in [0.3, 0.4) is 0 Å². The second-order valence-corrected chi connectivity index (χ2v) is 10.8. The standard InChI is InChI=1S/C42H39N3/c1-8-30(9-2)39-23-21-36(27-44-39)35-20-22-38(32(11-4)24-35)42-29(7)28(6)41(25-31(10-3)33(12-5)26-43)45(42)40-19-15-17-34-16-13-14-18-37(34)40/h8-27H,1,3-5,43H2,2,6-7H3/b30-9+,31-25+,33-26+. The highest BCUT2D eigenvalue weighted by atomic mass is 15.0. The second-order valence-electron chi connectivity index (χ2n) is 10.8. The van der Waals surface area contributed by atoms with E-state index in [-0.39, 0.29) is 0 Å². The lowest BCUT2D eigenvalue weighted by molar-refractivity contribution is 1.07. The second kappa shape index (κ2) is 13.3. The number of benzene rings is 3. The third kappa shape index (κ3) is 5.69. The van der Waals surface area contributed by atoms with Gasteiger partial charge in [0.25, 0.3) is 0 Å². The van der Waals surface area contributed by atoms with E-state index in [1.807, 2.05) is 43.5 Å². The van der Waals surface area contributed by atoms with Crippen molar-refractivity contribution in [3.8, 4) is 28.1 Å². The van der Waals surface area contributed by atoms with Gasteiger partial charge >= 0.3 is 0 Å². The first-order valence-electron chi connectivity index (χ1n) is 15.0. The van der Waals surface area contributed by atoms with E-state index in [9.17, 15) is 0 Å². The Morgan fingerprint density at radius 1 is 0.800 bits per heavy atom. The lowest BCUT2D eigenvalue weighted by Gasteiger charge is -2.18. The number of aromatic nitrogens is 2. The van der Waals surface area contributed by atoms with E-state index in [0.29, 0.717) is 0 Å². The lowest BCUT2D eigenvalue weighted by atomic mass is 9.95. The summed E-state index contributed by atoms with van der Waals surface area (Å²) >= 11 is 0. The zero-order valence-electron chi connectivity index (χ0n) is 26.3. The molecule has 2 aromatic heterocycles. The average molecular weight is 586 g/mol. The molecule has 222 valence electrons. The third-order valence-electron chi connectivity index (χ3n) is 8.47. The maximum absolute atomic E-state index is 5.99. The van der Waals surface area contributed by atoms with Crippen LogP contribution in [0.1, 0.15) is 35.0 Å². The van der Waals surface area contributed by atoms with Crippen LogP contribution in [-0.4, -0.2) is 9.55 Å². The molecule has 0 aliphatic heterocycles. The summed E-state index contributed by atoms with van der Waals surface area (Å²) in [5, 5.41) is 2.33. The first-order chi connectivity index (χ1) is 21.9. The number of hydrogen-bond acceptors (Lipinski definition) is 2. The van der Waals surface area contributed by atoms with Gasteiger partial charge in [-0.25, -0.2) is 0 Å². The molecule has 45 heavy (non-hydrogen) atoms. The Bertz CT molecular complexity index is 2040. The molecular formula is C42H39N3. The summed E-state index contributed by atoms with van der Waals surface area (Å²) in [6.07, 6.45) is 15.0. The molecule has 3 nitrogen and oxygen atoms in total. The highest BCUT2D eigenvalue weighted by molar-refractivity contribution is 5.93. The topological polar surface area (TPSA) is 43.8 Å². The fourth-order valence-electron chi connectivity index (χ4n) is 5.90. The van der Waals surface area contributed by atoms with Crippen molar-refractivity contribution in [1.82, 2.24) is 9.55 Å². The highest BCUT2D eigenvalue weighted by Crippen LogP contribution is 2.40. The number of nitrogens with zero attached hydrogens (tertiary/aromatic N) is 2. The Balaban J connectivity index is 1.79. The smallest absolute Gasteiger partial charge is 0.0698 e. The van der Waals surface area contributed by atoms with Crippen LogP contribution in [0.2, 0.25) is 0 Å². The maximum Gasteiger partial charge on any atom is 0.0698 e. The van der Waals surface area contributed by atoms with Gasteiger partial charge in [0.2, 0.25) is 0 Å². The number of nitrogens with two attached hydrogens (primary N) is 1. The maximum atomic E-state index is 5.99. The molecule has 0 aliphatic rings. The summed E-state index contributed by atoms with van der Waals surface area (Å²) < 4.78 is 2.36. The van der Waals surface area contributed by atoms with Gasteiger partial charge in [-0.15, -0.1) is 0 Å². The summed E-state index contributed by atoms with van der Waals surface area (Å²) in [5.41, 5.74) is 19.4. The van der Waals surface area contributed by atoms with Crippen LogP contribution in [-0.2, 0) is 0 Å². The molecule has 2 N–H and O–H groups in total. The predicted molar refractivity (Wildman–Crippen MR) is 196 cm³/mol. The van der Waals surface area contributed by atoms with Crippen molar-refractivity contribution >= 4 is 28.5 Å². The van der Waals surface area contributed by atoms with Gasteiger partial charge in [-0.2, -0.15) is 0 Å². The highest BCUT2D eigenvalue weighted by Gasteiger charge is 2.22. The van der Waals surface area contributed by atoms with Gasteiger partial charge in [-0.3, -0.25) is 4.98 Å². The Morgan fingerprint density at radius 3 is 2.18 bits per heavy atom. The molecule has 0 radical (unpaired) electrons. The van der Waals surface area contributed by atoms with Crippen molar-refractivity contribution in [3.05, 3.63) is 175 Å².